The lowest BCUT2D eigenvalue weighted by molar-refractivity contribution is -0.144. The lowest BCUT2D eigenvalue weighted by Gasteiger charge is -2.30. The van der Waals surface area contributed by atoms with E-state index in [2.05, 4.69) is 25.9 Å². The lowest BCUT2D eigenvalue weighted by atomic mass is 9.98. The van der Waals surface area contributed by atoms with E-state index in [4.69, 9.17) is 11.5 Å². The summed E-state index contributed by atoms with van der Waals surface area (Å²) in [5.74, 6) is -6.95. The molecule has 1 aromatic heterocycles. The summed E-state index contributed by atoms with van der Waals surface area (Å²) in [5.41, 5.74) is 11.5. The summed E-state index contributed by atoms with van der Waals surface area (Å²) in [7, 11) is 0. The molecule has 0 spiro atoms. The minimum Gasteiger partial charge on any atom is -0.481 e. The molecule has 2 rings (SSSR count). The number of rotatable bonds is 17. The van der Waals surface area contributed by atoms with E-state index in [9.17, 15) is 43.8 Å². The van der Waals surface area contributed by atoms with Crippen molar-refractivity contribution in [1.29, 1.82) is 0 Å². The highest BCUT2D eigenvalue weighted by molar-refractivity contribution is 5.97. The van der Waals surface area contributed by atoms with E-state index in [1.54, 1.807) is 0 Å². The van der Waals surface area contributed by atoms with Crippen LogP contribution in [0, 0.1) is 5.92 Å². The van der Waals surface area contributed by atoms with Crippen molar-refractivity contribution in [2.24, 2.45) is 17.4 Å². The number of aliphatic carboxylic acids is 2. The molecule has 1 aliphatic rings. The van der Waals surface area contributed by atoms with Crippen LogP contribution in [0.25, 0.3) is 0 Å². The Morgan fingerprint density at radius 2 is 1.72 bits per heavy atom. The molecule has 6 atom stereocenters. The second-order valence-electron chi connectivity index (χ2n) is 10.5. The summed E-state index contributed by atoms with van der Waals surface area (Å²) >= 11 is 0. The van der Waals surface area contributed by atoms with Crippen LogP contribution in [0.3, 0.4) is 0 Å². The number of primary amides is 1. The lowest BCUT2D eigenvalue weighted by Crippen LogP contribution is -2.59. The first-order valence-electron chi connectivity index (χ1n) is 13.9. The third kappa shape index (κ3) is 10.4. The van der Waals surface area contributed by atoms with Gasteiger partial charge in [-0.3, -0.25) is 28.8 Å². The number of hydrogen-bond donors (Lipinski definition) is 8. The average Bonchev–Trinajstić information content (AvgIpc) is 3.65. The van der Waals surface area contributed by atoms with Gasteiger partial charge in [0.1, 0.15) is 24.2 Å². The van der Waals surface area contributed by atoms with Gasteiger partial charge < -0.3 is 47.5 Å². The number of H-pyrrole nitrogens is 1. The number of carbonyl (C=O) groups excluding carboxylic acids is 5. The topological polar surface area (TPSA) is 280 Å². The van der Waals surface area contributed by atoms with Crippen molar-refractivity contribution >= 4 is 41.5 Å². The highest BCUT2D eigenvalue weighted by atomic mass is 16.4. The fraction of sp³-hybridized carbons (Fsp3) is 0.615. The van der Waals surface area contributed by atoms with Crippen molar-refractivity contribution in [3.63, 3.8) is 0 Å². The molecule has 0 unspecified atom stereocenters. The Balaban J connectivity index is 2.22. The second-order valence-corrected chi connectivity index (χ2v) is 10.5. The van der Waals surface area contributed by atoms with Gasteiger partial charge >= 0.3 is 11.9 Å². The Labute approximate surface area is 247 Å². The molecule has 1 aromatic rings. The first-order valence-corrected chi connectivity index (χ1v) is 13.9. The maximum Gasteiger partial charge on any atom is 0.326 e. The number of likely N-dealkylation sites (tertiary alicyclic amines) is 1. The molecule has 0 radical (unpaired) electrons. The highest BCUT2D eigenvalue weighted by Gasteiger charge is 2.39. The Morgan fingerprint density at radius 1 is 1.07 bits per heavy atom. The molecule has 0 bridgehead atoms. The predicted octanol–water partition coefficient (Wildman–Crippen LogP) is -2.40. The number of nitrogens with one attached hydrogen (secondary N) is 4. The molecule has 238 valence electrons. The monoisotopic (exact) mass is 608 g/mol. The highest BCUT2D eigenvalue weighted by Crippen LogP contribution is 2.21. The second kappa shape index (κ2) is 16.2. The normalized spacial score (nSPS) is 18.0. The summed E-state index contributed by atoms with van der Waals surface area (Å²) in [6, 6.07) is -6.40. The zero-order valence-corrected chi connectivity index (χ0v) is 24.1. The number of aromatic amines is 1. The Kier molecular flexibility index (Phi) is 13.0. The minimum atomic E-state index is -1.65. The molecule has 2 heterocycles. The van der Waals surface area contributed by atoms with Gasteiger partial charge in [-0.15, -0.1) is 0 Å². The van der Waals surface area contributed by atoms with Gasteiger partial charge in [0.25, 0.3) is 0 Å². The van der Waals surface area contributed by atoms with Crippen molar-refractivity contribution in [2.75, 3.05) is 6.54 Å². The van der Waals surface area contributed by atoms with Crippen molar-refractivity contribution in [1.82, 2.24) is 30.8 Å². The Bertz CT molecular complexity index is 1180. The molecular formula is C26H40N8O9. The number of hydrogen-bond acceptors (Lipinski definition) is 9. The minimum absolute atomic E-state index is 0.142. The molecule has 0 aliphatic carbocycles. The molecule has 5 amide bonds. The summed E-state index contributed by atoms with van der Waals surface area (Å²) in [6.07, 6.45) is 2.41. The van der Waals surface area contributed by atoms with E-state index in [-0.39, 0.29) is 38.1 Å². The van der Waals surface area contributed by atoms with Gasteiger partial charge in [0.15, 0.2) is 0 Å². The molecule has 43 heavy (non-hydrogen) atoms. The van der Waals surface area contributed by atoms with Crippen LogP contribution in [0.1, 0.15) is 58.1 Å². The van der Waals surface area contributed by atoms with Gasteiger partial charge in [-0.25, -0.2) is 9.78 Å². The van der Waals surface area contributed by atoms with E-state index in [1.165, 1.54) is 17.4 Å². The van der Waals surface area contributed by atoms with E-state index in [0.29, 0.717) is 18.5 Å². The van der Waals surface area contributed by atoms with E-state index in [0.717, 1.165) is 0 Å². The molecular weight excluding hydrogens is 568 g/mol. The number of carboxylic acids is 2. The third-order valence-corrected chi connectivity index (χ3v) is 7.30. The van der Waals surface area contributed by atoms with Crippen molar-refractivity contribution in [2.45, 2.75) is 89.0 Å². The fourth-order valence-electron chi connectivity index (χ4n) is 4.56. The van der Waals surface area contributed by atoms with Crippen LogP contribution < -0.4 is 27.4 Å². The van der Waals surface area contributed by atoms with E-state index in [1.807, 2.05) is 13.8 Å². The first kappa shape index (κ1) is 34.7. The smallest absolute Gasteiger partial charge is 0.326 e. The quantitative estimate of drug-likeness (QED) is 0.0922. The number of carbonyl (C=O) groups is 7. The van der Waals surface area contributed by atoms with Crippen LogP contribution >= 0.6 is 0 Å². The number of imidazole rings is 1. The number of aromatic nitrogens is 2. The van der Waals surface area contributed by atoms with Crippen LogP contribution in [-0.4, -0.2) is 103 Å². The maximum atomic E-state index is 13.3. The summed E-state index contributed by atoms with van der Waals surface area (Å²) < 4.78 is 0. The van der Waals surface area contributed by atoms with Crippen LogP contribution in [-0.2, 0) is 40.0 Å². The van der Waals surface area contributed by atoms with Crippen LogP contribution in [0.5, 0.6) is 0 Å². The summed E-state index contributed by atoms with van der Waals surface area (Å²) in [5, 5.41) is 25.9. The number of carboxylic acid groups (broad SMARTS) is 2. The average molecular weight is 609 g/mol. The summed E-state index contributed by atoms with van der Waals surface area (Å²) in [6.45, 7) is 3.96. The molecule has 1 aliphatic heterocycles. The maximum absolute atomic E-state index is 13.3. The van der Waals surface area contributed by atoms with E-state index >= 15 is 0 Å². The van der Waals surface area contributed by atoms with Gasteiger partial charge in [-0.05, 0) is 25.2 Å². The van der Waals surface area contributed by atoms with Gasteiger partial charge in [0, 0.05) is 31.3 Å². The van der Waals surface area contributed by atoms with Crippen LogP contribution in [0.15, 0.2) is 12.5 Å². The van der Waals surface area contributed by atoms with Crippen molar-refractivity contribution < 1.29 is 43.8 Å². The molecule has 17 nitrogen and oxygen atoms in total. The number of nitrogens with two attached hydrogens (primary N) is 2. The summed E-state index contributed by atoms with van der Waals surface area (Å²) in [4.78, 5) is 94.9. The molecule has 17 heteroatoms. The zero-order chi connectivity index (χ0) is 32.3. The van der Waals surface area contributed by atoms with Crippen LogP contribution in [0.2, 0.25) is 0 Å². The third-order valence-electron chi connectivity index (χ3n) is 7.30. The Morgan fingerprint density at radius 3 is 2.28 bits per heavy atom. The molecule has 1 fully saturated rings. The fourth-order valence-corrected chi connectivity index (χ4v) is 4.56. The first-order chi connectivity index (χ1) is 20.2. The molecule has 10 N–H and O–H groups in total. The molecule has 1 saturated heterocycles. The van der Waals surface area contributed by atoms with Crippen molar-refractivity contribution in [3.05, 3.63) is 18.2 Å². The standard InChI is InChI=1S/C26H40N8O9/c1-3-13(2)21(28)25(41)34-8-4-5-18(34)24(40)33-17(10-20(36)37)23(39)32-16(9-14-11-29-12-30-14)22(38)31-15(26(42)43)6-7-19(27)35/h11-13,15-18,21H,3-10,28H2,1-2H3,(H2,27,35)(H,29,30)(H,31,38)(H,32,39)(H,33,40)(H,36,37)(H,42,43)/t13-,15-,16-,17-,18-,21-/m0/s1. The van der Waals surface area contributed by atoms with Crippen molar-refractivity contribution in [3.8, 4) is 0 Å². The number of nitrogens with zero attached hydrogens (tertiary/aromatic N) is 2. The van der Waals surface area contributed by atoms with Gasteiger partial charge in [-0.1, -0.05) is 20.3 Å². The van der Waals surface area contributed by atoms with Gasteiger partial charge in [0.05, 0.1) is 18.8 Å². The molecule has 0 aromatic carbocycles. The van der Waals surface area contributed by atoms with E-state index < -0.39 is 78.1 Å². The largest absolute Gasteiger partial charge is 0.481 e. The predicted molar refractivity (Wildman–Crippen MR) is 149 cm³/mol. The molecule has 0 saturated carbocycles. The van der Waals surface area contributed by atoms with Crippen LogP contribution in [0.4, 0.5) is 0 Å². The number of amides is 5. The van der Waals surface area contributed by atoms with Gasteiger partial charge in [-0.2, -0.15) is 0 Å². The SMILES string of the molecule is CC[C@H](C)[C@H](N)C(=O)N1CCC[C@H]1C(=O)N[C@@H](CC(=O)O)C(=O)N[C@@H](Cc1cnc[nH]1)C(=O)N[C@@H](CCC(N)=O)C(=O)O. The zero-order valence-electron chi connectivity index (χ0n) is 24.1. The Hall–Kier alpha value is -4.54. The van der Waals surface area contributed by atoms with Gasteiger partial charge in [0.2, 0.25) is 29.5 Å².